The third kappa shape index (κ3) is 2.85. The maximum atomic E-state index is 12.8. The lowest BCUT2D eigenvalue weighted by Crippen LogP contribution is -2.12. The van der Waals surface area contributed by atoms with Crippen molar-refractivity contribution in [2.24, 2.45) is 5.73 Å². The third-order valence-electron chi connectivity index (χ3n) is 1.87. The van der Waals surface area contributed by atoms with Gasteiger partial charge in [0.2, 0.25) is 0 Å². The third-order valence-corrected chi connectivity index (χ3v) is 1.87. The summed E-state index contributed by atoms with van der Waals surface area (Å²) in [6, 6.07) is 4.27. The minimum absolute atomic E-state index is 0.0632. The first kappa shape index (κ1) is 12.3. The van der Waals surface area contributed by atoms with Gasteiger partial charge in [0, 0.05) is 0 Å². The second-order valence-electron chi connectivity index (χ2n) is 2.99. The summed E-state index contributed by atoms with van der Waals surface area (Å²) in [7, 11) is 0. The Morgan fingerprint density at radius 2 is 2.24 bits per heavy atom. The van der Waals surface area contributed by atoms with Crippen molar-refractivity contribution in [3.05, 3.63) is 45.3 Å². The highest BCUT2D eigenvalue weighted by Gasteiger charge is 2.15. The molecule has 0 atom stereocenters. The number of primary amides is 1. The van der Waals surface area contributed by atoms with Gasteiger partial charge < -0.3 is 5.73 Å². The first-order chi connectivity index (χ1) is 7.95. The van der Waals surface area contributed by atoms with Gasteiger partial charge in [-0.3, -0.25) is 14.9 Å². The van der Waals surface area contributed by atoms with Gasteiger partial charge in [-0.05, 0) is 18.2 Å². The molecule has 1 aromatic carbocycles. The van der Waals surface area contributed by atoms with Gasteiger partial charge in [0.15, 0.2) is 0 Å². The quantitative estimate of drug-likeness (QED) is 0.366. The van der Waals surface area contributed by atoms with Crippen LogP contribution in [0, 0.1) is 27.3 Å². The topological polar surface area (TPSA) is 110 Å². The summed E-state index contributed by atoms with van der Waals surface area (Å²) < 4.78 is 12.8. The van der Waals surface area contributed by atoms with Gasteiger partial charge in [-0.25, -0.2) is 4.39 Å². The second-order valence-corrected chi connectivity index (χ2v) is 2.99. The van der Waals surface area contributed by atoms with Crippen molar-refractivity contribution in [3.8, 4) is 6.07 Å². The summed E-state index contributed by atoms with van der Waals surface area (Å²) in [6.07, 6.45) is 0.944. The molecule has 1 amide bonds. The molecule has 86 valence electrons. The Bertz CT molecular complexity index is 560. The number of carbonyl (C=O) groups excluding carboxylic acids is 1. The average Bonchev–Trinajstić information content (AvgIpc) is 2.26. The molecular weight excluding hydrogens is 229 g/mol. The van der Waals surface area contributed by atoms with Crippen molar-refractivity contribution in [1.29, 1.82) is 5.26 Å². The zero-order valence-electron chi connectivity index (χ0n) is 8.38. The van der Waals surface area contributed by atoms with Crippen LogP contribution in [0.2, 0.25) is 0 Å². The molecule has 0 saturated carbocycles. The summed E-state index contributed by atoms with van der Waals surface area (Å²) in [4.78, 5) is 20.6. The molecule has 0 spiro atoms. The molecule has 0 saturated heterocycles. The van der Waals surface area contributed by atoms with Crippen molar-refractivity contribution < 1.29 is 14.1 Å². The van der Waals surface area contributed by atoms with Crippen LogP contribution in [0.15, 0.2) is 23.8 Å². The molecule has 1 aromatic rings. The first-order valence-electron chi connectivity index (χ1n) is 4.31. The summed E-state index contributed by atoms with van der Waals surface area (Å²) in [5.74, 6) is -1.79. The second kappa shape index (κ2) is 4.85. The van der Waals surface area contributed by atoms with Crippen LogP contribution >= 0.6 is 0 Å². The van der Waals surface area contributed by atoms with E-state index in [9.17, 15) is 19.3 Å². The van der Waals surface area contributed by atoms with Crippen LogP contribution in [0.25, 0.3) is 6.08 Å². The number of nitro benzene ring substituents is 1. The Balaban J connectivity index is 3.38. The highest BCUT2D eigenvalue weighted by Crippen LogP contribution is 2.22. The fraction of sp³-hybridized carbons (Fsp3) is 0. The van der Waals surface area contributed by atoms with E-state index < -0.39 is 27.9 Å². The number of nitro groups is 1. The fourth-order valence-corrected chi connectivity index (χ4v) is 1.11. The molecule has 0 unspecified atom stereocenters. The lowest BCUT2D eigenvalue weighted by atomic mass is 10.1. The van der Waals surface area contributed by atoms with E-state index in [1.54, 1.807) is 0 Å². The predicted molar refractivity (Wildman–Crippen MR) is 55.8 cm³/mol. The molecule has 0 bridgehead atoms. The van der Waals surface area contributed by atoms with E-state index in [0.29, 0.717) is 6.07 Å². The Hall–Kier alpha value is -2.75. The number of halogens is 1. The lowest BCUT2D eigenvalue weighted by molar-refractivity contribution is -0.385. The highest BCUT2D eigenvalue weighted by atomic mass is 19.1. The molecule has 1 rings (SSSR count). The molecule has 2 N–H and O–H groups in total. The SMILES string of the molecule is N#C/C(=C/c1ccc(F)cc1[N+](=O)[O-])C(N)=O. The average molecular weight is 235 g/mol. The summed E-state index contributed by atoms with van der Waals surface area (Å²) >= 11 is 0. The molecule has 6 nitrogen and oxygen atoms in total. The standard InChI is InChI=1S/C10H6FN3O3/c11-8-2-1-6(9(4-8)14(16)17)3-7(5-12)10(13)15/h1-4H,(H2,13,15)/b7-3-. The predicted octanol–water partition coefficient (Wildman–Crippen LogP) is 1.13. The van der Waals surface area contributed by atoms with E-state index in [1.807, 2.05) is 0 Å². The molecule has 7 heteroatoms. The Kier molecular flexibility index (Phi) is 3.51. The van der Waals surface area contributed by atoms with Gasteiger partial charge in [0.25, 0.3) is 11.6 Å². The Labute approximate surface area is 94.9 Å². The number of nitrogens with two attached hydrogens (primary N) is 1. The van der Waals surface area contributed by atoms with Crippen LogP contribution < -0.4 is 5.73 Å². The first-order valence-corrected chi connectivity index (χ1v) is 4.31. The summed E-state index contributed by atoms with van der Waals surface area (Å²) in [5, 5.41) is 19.2. The largest absolute Gasteiger partial charge is 0.365 e. The minimum Gasteiger partial charge on any atom is -0.365 e. The molecule has 0 aliphatic heterocycles. The number of amides is 1. The molecule has 17 heavy (non-hydrogen) atoms. The van der Waals surface area contributed by atoms with E-state index in [1.165, 1.54) is 6.07 Å². The summed E-state index contributed by atoms with van der Waals surface area (Å²) in [5.41, 5.74) is 3.83. The lowest BCUT2D eigenvalue weighted by Gasteiger charge is -1.98. The van der Waals surface area contributed by atoms with Gasteiger partial charge in [0.1, 0.15) is 17.5 Å². The number of nitrogens with zero attached hydrogens (tertiary/aromatic N) is 2. The van der Waals surface area contributed by atoms with Crippen LogP contribution in [0.1, 0.15) is 5.56 Å². The number of benzene rings is 1. The van der Waals surface area contributed by atoms with E-state index in [-0.39, 0.29) is 5.56 Å². The molecular formula is C10H6FN3O3. The zero-order chi connectivity index (χ0) is 13.0. The number of hydrogen-bond donors (Lipinski definition) is 1. The fourth-order valence-electron chi connectivity index (χ4n) is 1.11. The molecule has 0 radical (unpaired) electrons. The van der Waals surface area contributed by atoms with Crippen molar-refractivity contribution in [2.75, 3.05) is 0 Å². The van der Waals surface area contributed by atoms with Crippen LogP contribution in [-0.4, -0.2) is 10.8 Å². The molecule has 0 aliphatic rings. The van der Waals surface area contributed by atoms with Crippen LogP contribution in [0.3, 0.4) is 0 Å². The van der Waals surface area contributed by atoms with Crippen molar-refractivity contribution >= 4 is 17.7 Å². The Morgan fingerprint density at radius 1 is 1.59 bits per heavy atom. The van der Waals surface area contributed by atoms with Crippen LogP contribution in [0.4, 0.5) is 10.1 Å². The van der Waals surface area contributed by atoms with Crippen LogP contribution in [0.5, 0.6) is 0 Å². The monoisotopic (exact) mass is 235 g/mol. The molecule has 0 fully saturated rings. The zero-order valence-corrected chi connectivity index (χ0v) is 8.38. The Morgan fingerprint density at radius 3 is 2.71 bits per heavy atom. The van der Waals surface area contributed by atoms with Gasteiger partial charge in [0.05, 0.1) is 16.6 Å². The van der Waals surface area contributed by atoms with Gasteiger partial charge >= 0.3 is 0 Å². The number of hydrogen-bond acceptors (Lipinski definition) is 4. The smallest absolute Gasteiger partial charge is 0.279 e. The minimum atomic E-state index is -1.01. The number of rotatable bonds is 3. The highest BCUT2D eigenvalue weighted by molar-refractivity contribution is 6.01. The maximum Gasteiger partial charge on any atom is 0.279 e. The number of carbonyl (C=O) groups is 1. The van der Waals surface area contributed by atoms with Crippen LogP contribution in [-0.2, 0) is 4.79 Å². The summed E-state index contributed by atoms with van der Waals surface area (Å²) in [6.45, 7) is 0. The van der Waals surface area contributed by atoms with Gasteiger partial charge in [-0.15, -0.1) is 0 Å². The molecule has 0 heterocycles. The normalized spacial score (nSPS) is 10.7. The van der Waals surface area contributed by atoms with Gasteiger partial charge in [-0.2, -0.15) is 5.26 Å². The van der Waals surface area contributed by atoms with Crippen molar-refractivity contribution in [1.82, 2.24) is 0 Å². The van der Waals surface area contributed by atoms with Crippen molar-refractivity contribution in [2.45, 2.75) is 0 Å². The maximum absolute atomic E-state index is 12.8. The van der Waals surface area contributed by atoms with E-state index in [4.69, 9.17) is 11.0 Å². The van der Waals surface area contributed by atoms with Crippen molar-refractivity contribution in [3.63, 3.8) is 0 Å². The molecule has 0 aliphatic carbocycles. The van der Waals surface area contributed by atoms with Gasteiger partial charge in [-0.1, -0.05) is 0 Å². The van der Waals surface area contributed by atoms with E-state index in [0.717, 1.165) is 18.2 Å². The van der Waals surface area contributed by atoms with E-state index in [2.05, 4.69) is 0 Å². The van der Waals surface area contributed by atoms with E-state index >= 15 is 0 Å². The molecule has 0 aromatic heterocycles. The number of nitriles is 1.